The largest absolute Gasteiger partial charge is 0.445 e. The van der Waals surface area contributed by atoms with Crippen LogP contribution >= 0.6 is 11.6 Å². The van der Waals surface area contributed by atoms with E-state index in [9.17, 15) is 14.0 Å². The molecule has 1 aliphatic heterocycles. The predicted octanol–water partition coefficient (Wildman–Crippen LogP) is 4.82. The lowest BCUT2D eigenvalue weighted by Gasteiger charge is -2.50. The molecule has 11 heteroatoms. The van der Waals surface area contributed by atoms with Gasteiger partial charge in [-0.2, -0.15) is 0 Å². The second-order valence-electron chi connectivity index (χ2n) is 9.52. The smallest absolute Gasteiger partial charge is 0.412 e. The van der Waals surface area contributed by atoms with Crippen molar-refractivity contribution in [1.82, 2.24) is 25.4 Å². The number of ether oxygens (including phenoxy) is 1. The average Bonchev–Trinajstić information content (AvgIpc) is 2.96. The monoisotopic (exact) mass is 556 g/mol. The summed E-state index contributed by atoms with van der Waals surface area (Å²) in [4.78, 5) is 34.3. The molecule has 9 nitrogen and oxygen atoms in total. The minimum atomic E-state index is -0.902. The van der Waals surface area contributed by atoms with E-state index in [4.69, 9.17) is 16.3 Å². The Balaban J connectivity index is 1.49. The lowest BCUT2D eigenvalue weighted by Crippen LogP contribution is -2.68. The van der Waals surface area contributed by atoms with Gasteiger partial charge in [0, 0.05) is 51.4 Å². The van der Waals surface area contributed by atoms with Crippen LogP contribution in [-0.2, 0) is 11.3 Å². The van der Waals surface area contributed by atoms with Gasteiger partial charge in [0.15, 0.2) is 0 Å². The molecule has 208 valence electrons. The zero-order valence-electron chi connectivity index (χ0n) is 22.2. The molecule has 1 fully saturated rings. The summed E-state index contributed by atoms with van der Waals surface area (Å²) in [5.74, 6) is -0.168. The molecular formula is C28H34ClFN6O3. The number of pyridine rings is 1. The Labute approximate surface area is 232 Å². The maximum Gasteiger partial charge on any atom is 0.412 e. The molecule has 2 aromatic carbocycles. The molecule has 0 saturated carbocycles. The number of hydrogen-bond donors (Lipinski definition) is 3. The highest BCUT2D eigenvalue weighted by molar-refractivity contribution is 6.31. The maximum atomic E-state index is 13.9. The van der Waals surface area contributed by atoms with Crippen molar-refractivity contribution in [2.45, 2.75) is 32.0 Å². The molecule has 0 unspecified atom stereocenters. The fraction of sp³-hybridized carbons (Fsp3) is 0.393. The summed E-state index contributed by atoms with van der Waals surface area (Å²) in [5.41, 5.74) is -0.430. The van der Waals surface area contributed by atoms with Gasteiger partial charge in [-0.3, -0.25) is 10.2 Å². The van der Waals surface area contributed by atoms with Crippen LogP contribution in [0.5, 0.6) is 0 Å². The van der Waals surface area contributed by atoms with Gasteiger partial charge in [-0.15, -0.1) is 0 Å². The predicted molar refractivity (Wildman–Crippen MR) is 150 cm³/mol. The lowest BCUT2D eigenvalue weighted by atomic mass is 9.99. The highest BCUT2D eigenvalue weighted by Crippen LogP contribution is 2.28. The van der Waals surface area contributed by atoms with Gasteiger partial charge in [0.05, 0.1) is 5.02 Å². The second-order valence-corrected chi connectivity index (χ2v) is 9.90. The number of hydrogen-bond acceptors (Lipinski definition) is 6. The molecule has 3 aromatic rings. The highest BCUT2D eigenvalue weighted by Gasteiger charge is 2.44. The Hall–Kier alpha value is -3.47. The normalized spacial score (nSPS) is 15.4. The van der Waals surface area contributed by atoms with Crippen molar-refractivity contribution in [2.24, 2.45) is 0 Å². The molecule has 0 aliphatic carbocycles. The number of anilines is 1. The van der Waals surface area contributed by atoms with Crippen molar-refractivity contribution in [1.29, 1.82) is 0 Å². The fourth-order valence-electron chi connectivity index (χ4n) is 4.92. The average molecular weight is 557 g/mol. The van der Waals surface area contributed by atoms with Crippen LogP contribution in [0.15, 0.2) is 54.7 Å². The Morgan fingerprint density at radius 2 is 1.92 bits per heavy atom. The number of piperazine rings is 1. The number of nitrogens with zero attached hydrogens (tertiary/aromatic N) is 3. The van der Waals surface area contributed by atoms with E-state index in [2.05, 4.69) is 25.8 Å². The van der Waals surface area contributed by atoms with Crippen LogP contribution in [0, 0.1) is 5.82 Å². The van der Waals surface area contributed by atoms with Crippen molar-refractivity contribution in [3.8, 4) is 0 Å². The first-order valence-corrected chi connectivity index (χ1v) is 13.4. The van der Waals surface area contributed by atoms with Crippen LogP contribution in [0.4, 0.5) is 19.8 Å². The summed E-state index contributed by atoms with van der Waals surface area (Å²) < 4.78 is 19.6. The number of rotatable bonds is 9. The number of aromatic nitrogens is 1. The van der Waals surface area contributed by atoms with E-state index in [0.29, 0.717) is 30.9 Å². The van der Waals surface area contributed by atoms with E-state index in [0.717, 1.165) is 30.3 Å². The van der Waals surface area contributed by atoms with E-state index in [-0.39, 0.29) is 24.2 Å². The Morgan fingerprint density at radius 3 is 2.67 bits per heavy atom. The summed E-state index contributed by atoms with van der Waals surface area (Å²) >= 11 is 6.08. The molecule has 0 spiro atoms. The van der Waals surface area contributed by atoms with Gasteiger partial charge in [-0.1, -0.05) is 61.3 Å². The molecule has 0 radical (unpaired) electrons. The zero-order chi connectivity index (χ0) is 27.8. The zero-order valence-corrected chi connectivity index (χ0v) is 22.9. The molecule has 3 amide bonds. The molecule has 4 rings (SSSR count). The lowest BCUT2D eigenvalue weighted by molar-refractivity contribution is -0.0724. The number of nitrogens with one attached hydrogen (secondary N) is 3. The molecule has 3 N–H and O–H groups in total. The fourth-order valence-corrected chi connectivity index (χ4v) is 5.11. The first kappa shape index (κ1) is 28.5. The van der Waals surface area contributed by atoms with Gasteiger partial charge >= 0.3 is 12.1 Å². The minimum Gasteiger partial charge on any atom is -0.445 e. The second kappa shape index (κ2) is 13.1. The van der Waals surface area contributed by atoms with Crippen LogP contribution in [0.2, 0.25) is 5.02 Å². The number of halogens is 2. The van der Waals surface area contributed by atoms with E-state index in [1.54, 1.807) is 36.3 Å². The van der Waals surface area contributed by atoms with Gasteiger partial charge < -0.3 is 20.3 Å². The standard InChI is InChI=1S/C28H34ClFN6O3/c1-3-11-28(36-14-12-31-13-15-36,35(2)26(37)33-18-22-9-6-10-23(30)25(22)29)19-39-27(38)34-24-16-20-7-4-5-8-21(20)17-32-24/h4-10,16-17,31H,3,11-15,18-19H2,1-2H3,(H,33,37)(H,32,34,38)/t28-/m1/s1. The maximum absolute atomic E-state index is 13.9. The quantitative estimate of drug-likeness (QED) is 0.349. The van der Waals surface area contributed by atoms with Crippen LogP contribution in [-0.4, -0.2) is 72.4 Å². The Morgan fingerprint density at radius 1 is 1.18 bits per heavy atom. The molecule has 1 atom stereocenters. The molecule has 1 aromatic heterocycles. The number of amides is 3. The molecular weight excluding hydrogens is 523 g/mol. The van der Waals surface area contributed by atoms with Crippen LogP contribution in [0.25, 0.3) is 10.8 Å². The Bertz CT molecular complexity index is 1310. The summed E-state index contributed by atoms with van der Waals surface area (Å²) in [6.45, 7) is 4.85. The summed E-state index contributed by atoms with van der Waals surface area (Å²) in [5, 5.41) is 10.8. The summed E-state index contributed by atoms with van der Waals surface area (Å²) in [6.07, 6.45) is 2.35. The van der Waals surface area contributed by atoms with Crippen molar-refractivity contribution in [2.75, 3.05) is 45.2 Å². The third-order valence-electron chi connectivity index (χ3n) is 7.04. The van der Waals surface area contributed by atoms with E-state index >= 15 is 0 Å². The Kier molecular flexibility index (Phi) is 9.55. The number of carbonyl (C=O) groups excluding carboxylic acids is 2. The summed E-state index contributed by atoms with van der Waals surface area (Å²) in [6, 6.07) is 13.6. The molecule has 1 aliphatic rings. The van der Waals surface area contributed by atoms with Gasteiger partial charge in [-0.05, 0) is 29.5 Å². The van der Waals surface area contributed by atoms with E-state index < -0.39 is 17.6 Å². The number of urea groups is 1. The highest BCUT2D eigenvalue weighted by atomic mass is 35.5. The van der Waals surface area contributed by atoms with Crippen LogP contribution in [0.3, 0.4) is 0 Å². The first-order valence-electron chi connectivity index (χ1n) is 13.0. The number of benzene rings is 2. The SMILES string of the molecule is CCC[C@](COC(=O)Nc1cc2ccccc2cn1)(N1CCNCC1)N(C)C(=O)NCc1cccc(F)c1Cl. The van der Waals surface area contributed by atoms with Crippen LogP contribution in [0.1, 0.15) is 25.3 Å². The molecule has 0 bridgehead atoms. The van der Waals surface area contributed by atoms with Crippen molar-refractivity contribution in [3.05, 3.63) is 71.1 Å². The molecule has 39 heavy (non-hydrogen) atoms. The van der Waals surface area contributed by atoms with Crippen molar-refractivity contribution >= 4 is 40.3 Å². The molecule has 1 saturated heterocycles. The van der Waals surface area contributed by atoms with Crippen molar-refractivity contribution < 1.29 is 18.7 Å². The first-order chi connectivity index (χ1) is 18.8. The third-order valence-corrected chi connectivity index (χ3v) is 7.47. The van der Waals surface area contributed by atoms with Gasteiger partial charge in [0.25, 0.3) is 0 Å². The van der Waals surface area contributed by atoms with E-state index in [1.165, 1.54) is 6.07 Å². The number of carbonyl (C=O) groups is 2. The molecule has 2 heterocycles. The summed E-state index contributed by atoms with van der Waals surface area (Å²) in [7, 11) is 1.69. The topological polar surface area (TPSA) is 98.8 Å². The van der Waals surface area contributed by atoms with Gasteiger partial charge in [0.2, 0.25) is 0 Å². The minimum absolute atomic E-state index is 0.0234. The number of likely N-dealkylation sites (N-methyl/N-ethyl adjacent to an activating group) is 1. The number of fused-ring (bicyclic) bond motifs is 1. The van der Waals surface area contributed by atoms with E-state index in [1.807, 2.05) is 31.2 Å². The van der Waals surface area contributed by atoms with Crippen molar-refractivity contribution in [3.63, 3.8) is 0 Å². The third kappa shape index (κ3) is 6.76. The van der Waals surface area contributed by atoms with Gasteiger partial charge in [0.1, 0.15) is 23.9 Å². The van der Waals surface area contributed by atoms with Crippen LogP contribution < -0.4 is 16.0 Å². The van der Waals surface area contributed by atoms with Gasteiger partial charge in [-0.25, -0.2) is 19.0 Å².